The third-order valence-corrected chi connectivity index (χ3v) is 8.08. The van der Waals surface area contributed by atoms with Crippen molar-refractivity contribution >= 4 is 27.3 Å². The van der Waals surface area contributed by atoms with E-state index in [4.69, 9.17) is 0 Å². The lowest BCUT2D eigenvalue weighted by atomic mass is 9.99. The summed E-state index contributed by atoms with van der Waals surface area (Å²) in [5.74, 6) is -0.312. The maximum Gasteiger partial charge on any atom is 0.252 e. The van der Waals surface area contributed by atoms with Crippen LogP contribution in [0.3, 0.4) is 0 Å². The maximum absolute atomic E-state index is 12.7. The van der Waals surface area contributed by atoms with Gasteiger partial charge in [0.2, 0.25) is 5.91 Å². The molecule has 1 fully saturated rings. The standard InChI is InChI=1S/C18H31N3O3S2/c1-14(2)21(15(3)4)11-9-19-18(22)16-7-5-10-20(13-16)26(23,24)17-8-6-12-25-17/h6,8,12,14-16H,5,7,9-11,13H2,1-4H3,(H,19,22). The van der Waals surface area contributed by atoms with E-state index < -0.39 is 10.0 Å². The zero-order valence-electron chi connectivity index (χ0n) is 16.1. The van der Waals surface area contributed by atoms with Gasteiger partial charge < -0.3 is 5.32 Å². The first-order valence-corrected chi connectivity index (χ1v) is 11.6. The van der Waals surface area contributed by atoms with Crippen molar-refractivity contribution in [1.82, 2.24) is 14.5 Å². The molecule has 0 bridgehead atoms. The first-order chi connectivity index (χ1) is 12.2. The third-order valence-electron chi connectivity index (χ3n) is 4.84. The monoisotopic (exact) mass is 401 g/mol. The van der Waals surface area contributed by atoms with Crippen LogP contribution in [0.5, 0.6) is 0 Å². The molecule has 1 atom stereocenters. The SMILES string of the molecule is CC(C)N(CCNC(=O)C1CCCN(S(=O)(=O)c2cccs2)C1)C(C)C. The Kier molecular flexibility index (Phi) is 7.63. The molecule has 1 amide bonds. The Morgan fingerprint density at radius 1 is 1.35 bits per heavy atom. The van der Waals surface area contributed by atoms with Gasteiger partial charge in [-0.1, -0.05) is 6.07 Å². The lowest BCUT2D eigenvalue weighted by Crippen LogP contribution is -2.47. The van der Waals surface area contributed by atoms with Gasteiger partial charge in [0.25, 0.3) is 10.0 Å². The van der Waals surface area contributed by atoms with E-state index in [0.717, 1.165) is 13.0 Å². The summed E-state index contributed by atoms with van der Waals surface area (Å²) >= 11 is 1.22. The number of nitrogens with one attached hydrogen (secondary N) is 1. The van der Waals surface area contributed by atoms with Crippen LogP contribution in [-0.4, -0.2) is 61.8 Å². The Balaban J connectivity index is 1.90. The Bertz CT molecular complexity index is 664. The molecule has 0 radical (unpaired) electrons. The van der Waals surface area contributed by atoms with Gasteiger partial charge in [0, 0.05) is 38.3 Å². The molecule has 1 saturated heterocycles. The number of nitrogens with zero attached hydrogens (tertiary/aromatic N) is 2. The van der Waals surface area contributed by atoms with Gasteiger partial charge in [-0.05, 0) is 52.0 Å². The van der Waals surface area contributed by atoms with Crippen LogP contribution in [0.25, 0.3) is 0 Å². The van der Waals surface area contributed by atoms with Crippen LogP contribution in [0.2, 0.25) is 0 Å². The van der Waals surface area contributed by atoms with Crippen LogP contribution >= 0.6 is 11.3 Å². The summed E-state index contributed by atoms with van der Waals surface area (Å²) < 4.78 is 27.1. The van der Waals surface area contributed by atoms with Crippen molar-refractivity contribution in [2.24, 2.45) is 5.92 Å². The average Bonchev–Trinajstić information content (AvgIpc) is 3.13. The molecule has 0 aromatic carbocycles. The Labute approximate surface area is 161 Å². The number of hydrogen-bond acceptors (Lipinski definition) is 5. The molecule has 1 aromatic rings. The number of piperidine rings is 1. The lowest BCUT2D eigenvalue weighted by molar-refractivity contribution is -0.126. The number of thiophene rings is 1. The number of carbonyl (C=O) groups excluding carboxylic acids is 1. The van der Waals surface area contributed by atoms with E-state index in [2.05, 4.69) is 37.9 Å². The Morgan fingerprint density at radius 3 is 2.62 bits per heavy atom. The zero-order valence-corrected chi connectivity index (χ0v) is 17.8. The summed E-state index contributed by atoms with van der Waals surface area (Å²) in [6.07, 6.45) is 1.45. The molecule has 8 heteroatoms. The third kappa shape index (κ3) is 5.28. The summed E-state index contributed by atoms with van der Waals surface area (Å²) in [6, 6.07) is 4.21. The molecule has 2 heterocycles. The highest BCUT2D eigenvalue weighted by molar-refractivity contribution is 7.91. The summed E-state index contributed by atoms with van der Waals surface area (Å²) in [4.78, 5) is 14.9. The first kappa shape index (κ1) is 21.3. The molecule has 6 nitrogen and oxygen atoms in total. The normalized spacial score (nSPS) is 19.4. The molecule has 1 aliphatic heterocycles. The van der Waals surface area contributed by atoms with Gasteiger partial charge >= 0.3 is 0 Å². The highest BCUT2D eigenvalue weighted by Gasteiger charge is 2.33. The van der Waals surface area contributed by atoms with Crippen LogP contribution in [0.4, 0.5) is 0 Å². The first-order valence-electron chi connectivity index (χ1n) is 9.30. The second-order valence-electron chi connectivity index (χ2n) is 7.35. The molecule has 1 N–H and O–H groups in total. The fourth-order valence-electron chi connectivity index (χ4n) is 3.48. The van der Waals surface area contributed by atoms with Crippen molar-refractivity contribution in [2.45, 2.75) is 56.8 Å². The van der Waals surface area contributed by atoms with Crippen molar-refractivity contribution in [3.05, 3.63) is 17.5 Å². The van der Waals surface area contributed by atoms with E-state index in [0.29, 0.717) is 35.8 Å². The highest BCUT2D eigenvalue weighted by atomic mass is 32.2. The van der Waals surface area contributed by atoms with Crippen LogP contribution in [0.1, 0.15) is 40.5 Å². The summed E-state index contributed by atoms with van der Waals surface area (Å²) in [7, 11) is -3.48. The fourth-order valence-corrected chi connectivity index (χ4v) is 6.15. The minimum atomic E-state index is -3.48. The number of amides is 1. The molecule has 0 saturated carbocycles. The van der Waals surface area contributed by atoms with Crippen molar-refractivity contribution in [1.29, 1.82) is 0 Å². The summed E-state index contributed by atoms with van der Waals surface area (Å²) in [6.45, 7) is 10.7. The van der Waals surface area contributed by atoms with Crippen LogP contribution in [0.15, 0.2) is 21.7 Å². The van der Waals surface area contributed by atoms with Crippen molar-refractivity contribution in [3.63, 3.8) is 0 Å². The topological polar surface area (TPSA) is 69.7 Å². The van der Waals surface area contributed by atoms with E-state index in [1.54, 1.807) is 17.5 Å². The molecule has 1 unspecified atom stereocenters. The second kappa shape index (κ2) is 9.30. The molecule has 2 rings (SSSR count). The lowest BCUT2D eigenvalue weighted by Gasteiger charge is -2.32. The average molecular weight is 402 g/mol. The quantitative estimate of drug-likeness (QED) is 0.726. The molecule has 0 spiro atoms. The van der Waals surface area contributed by atoms with Crippen LogP contribution in [-0.2, 0) is 14.8 Å². The van der Waals surface area contributed by atoms with Gasteiger partial charge in [0.1, 0.15) is 4.21 Å². The second-order valence-corrected chi connectivity index (χ2v) is 10.5. The molecule has 148 valence electrons. The predicted molar refractivity (Wildman–Crippen MR) is 106 cm³/mol. The van der Waals surface area contributed by atoms with E-state index >= 15 is 0 Å². The van der Waals surface area contributed by atoms with Gasteiger partial charge in [-0.2, -0.15) is 4.31 Å². The number of carbonyl (C=O) groups is 1. The molecule has 1 aromatic heterocycles. The minimum absolute atomic E-state index is 0.0384. The van der Waals surface area contributed by atoms with E-state index in [1.807, 2.05) is 0 Å². The van der Waals surface area contributed by atoms with Crippen LogP contribution in [0, 0.1) is 5.92 Å². The van der Waals surface area contributed by atoms with Crippen molar-refractivity contribution < 1.29 is 13.2 Å². The van der Waals surface area contributed by atoms with E-state index in [9.17, 15) is 13.2 Å². The zero-order chi connectivity index (χ0) is 19.3. The van der Waals surface area contributed by atoms with Crippen molar-refractivity contribution in [2.75, 3.05) is 26.2 Å². The Morgan fingerprint density at radius 2 is 2.04 bits per heavy atom. The number of hydrogen-bond donors (Lipinski definition) is 1. The summed E-state index contributed by atoms with van der Waals surface area (Å²) in [5.41, 5.74) is 0. The Hall–Kier alpha value is -0.960. The number of rotatable bonds is 8. The van der Waals surface area contributed by atoms with Crippen molar-refractivity contribution in [3.8, 4) is 0 Å². The fraction of sp³-hybridized carbons (Fsp3) is 0.722. The molecule has 26 heavy (non-hydrogen) atoms. The van der Waals surface area contributed by atoms with E-state index in [1.165, 1.54) is 15.6 Å². The van der Waals surface area contributed by atoms with Gasteiger partial charge in [-0.15, -0.1) is 11.3 Å². The molecule has 0 aliphatic carbocycles. The molecular formula is C18H31N3O3S2. The largest absolute Gasteiger partial charge is 0.355 e. The molecular weight excluding hydrogens is 370 g/mol. The van der Waals surface area contributed by atoms with Gasteiger partial charge in [-0.3, -0.25) is 9.69 Å². The highest BCUT2D eigenvalue weighted by Crippen LogP contribution is 2.26. The van der Waals surface area contributed by atoms with E-state index in [-0.39, 0.29) is 18.4 Å². The smallest absolute Gasteiger partial charge is 0.252 e. The maximum atomic E-state index is 12.7. The summed E-state index contributed by atoms with van der Waals surface area (Å²) in [5, 5.41) is 4.76. The predicted octanol–water partition coefficient (Wildman–Crippen LogP) is 2.38. The van der Waals surface area contributed by atoms with Gasteiger partial charge in [0.05, 0.1) is 5.92 Å². The van der Waals surface area contributed by atoms with Gasteiger partial charge in [0.15, 0.2) is 0 Å². The minimum Gasteiger partial charge on any atom is -0.355 e. The van der Waals surface area contributed by atoms with Gasteiger partial charge in [-0.25, -0.2) is 8.42 Å². The molecule has 1 aliphatic rings. The van der Waals surface area contributed by atoms with Crippen LogP contribution < -0.4 is 5.32 Å². The number of sulfonamides is 1.